The first kappa shape index (κ1) is 18.3. The van der Waals surface area contributed by atoms with Crippen LogP contribution in [-0.4, -0.2) is 54.3 Å². The van der Waals surface area contributed by atoms with Crippen LogP contribution in [0.3, 0.4) is 0 Å². The summed E-state index contributed by atoms with van der Waals surface area (Å²) in [6.45, 7) is -2.42. The van der Waals surface area contributed by atoms with Gasteiger partial charge in [-0.25, -0.2) is 4.79 Å². The summed E-state index contributed by atoms with van der Waals surface area (Å²) in [6, 6.07) is 8.43. The highest BCUT2D eigenvalue weighted by Crippen LogP contribution is 2.31. The summed E-state index contributed by atoms with van der Waals surface area (Å²) in [6.07, 6.45) is 0. The average molecular weight is 383 g/mol. The van der Waals surface area contributed by atoms with E-state index in [1.807, 2.05) is 0 Å². The van der Waals surface area contributed by atoms with E-state index in [2.05, 4.69) is 4.74 Å². The zero-order chi connectivity index (χ0) is 18.7. The van der Waals surface area contributed by atoms with Crippen molar-refractivity contribution in [3.63, 3.8) is 0 Å². The Morgan fingerprint density at radius 2 is 1.96 bits per heavy atom. The lowest BCUT2D eigenvalue weighted by Gasteiger charge is -2.32. The highest BCUT2D eigenvalue weighted by molar-refractivity contribution is 7.17. The fourth-order valence-corrected chi connectivity index (χ4v) is 3.57. The van der Waals surface area contributed by atoms with Gasteiger partial charge in [-0.3, -0.25) is 4.79 Å². The topological polar surface area (TPSA) is 76.1 Å². The Labute approximate surface area is 151 Å². The Hall–Kier alpha value is -2.52. The van der Waals surface area contributed by atoms with Crippen molar-refractivity contribution in [2.45, 2.75) is 12.7 Å². The Bertz CT molecular complexity index is 793. The molecule has 9 heteroatoms. The van der Waals surface area contributed by atoms with E-state index in [9.17, 15) is 23.5 Å². The van der Waals surface area contributed by atoms with Crippen LogP contribution in [-0.2, 0) is 9.53 Å². The fourth-order valence-electron chi connectivity index (χ4n) is 2.60. The number of carbonyl (C=O) groups is 2. The first-order valence-electron chi connectivity index (χ1n) is 7.72. The van der Waals surface area contributed by atoms with E-state index in [-0.39, 0.29) is 24.8 Å². The van der Waals surface area contributed by atoms with Crippen LogP contribution in [0.5, 0.6) is 5.75 Å². The van der Waals surface area contributed by atoms with Crippen LogP contribution in [0.15, 0.2) is 36.4 Å². The van der Waals surface area contributed by atoms with E-state index in [0.717, 1.165) is 10.4 Å². The summed E-state index contributed by atoms with van der Waals surface area (Å²) in [5.74, 6) is -1.42. The number of carboxylic acids is 1. The Balaban J connectivity index is 1.76. The minimum Gasteiger partial charge on any atom is -0.480 e. The Morgan fingerprint density at radius 3 is 2.62 bits per heavy atom. The largest absolute Gasteiger partial charge is 0.480 e. The van der Waals surface area contributed by atoms with E-state index in [1.165, 1.54) is 28.4 Å². The molecule has 0 saturated carbocycles. The number of hydrogen-bond donors (Lipinski definition) is 1. The third-order valence-electron chi connectivity index (χ3n) is 3.86. The van der Waals surface area contributed by atoms with Crippen LogP contribution in [0, 0.1) is 0 Å². The van der Waals surface area contributed by atoms with Gasteiger partial charge in [0, 0.05) is 11.4 Å². The monoisotopic (exact) mass is 383 g/mol. The number of aliphatic carboxylic acids is 1. The number of ether oxygens (including phenoxy) is 2. The molecule has 1 amide bonds. The smallest absolute Gasteiger partial charge is 0.387 e. The number of hydrogen-bond acceptors (Lipinski definition) is 5. The fraction of sp³-hybridized carbons (Fsp3) is 0.294. The minimum atomic E-state index is -2.89. The number of thiophene rings is 1. The van der Waals surface area contributed by atoms with E-state index in [4.69, 9.17) is 4.74 Å². The minimum absolute atomic E-state index is 0.0368. The first-order chi connectivity index (χ1) is 12.5. The quantitative estimate of drug-likeness (QED) is 0.859. The lowest BCUT2D eigenvalue weighted by Crippen LogP contribution is -2.52. The molecule has 0 radical (unpaired) electrons. The second-order valence-corrected chi connectivity index (χ2v) is 6.58. The van der Waals surface area contributed by atoms with Crippen molar-refractivity contribution in [1.82, 2.24) is 4.90 Å². The number of alkyl halides is 2. The van der Waals surface area contributed by atoms with Crippen molar-refractivity contribution >= 4 is 23.2 Å². The van der Waals surface area contributed by atoms with Gasteiger partial charge in [0.05, 0.1) is 18.1 Å². The predicted octanol–water partition coefficient (Wildman–Crippen LogP) is 2.94. The third-order valence-corrected chi connectivity index (χ3v) is 4.98. The van der Waals surface area contributed by atoms with Gasteiger partial charge in [-0.1, -0.05) is 0 Å². The molecule has 0 spiro atoms. The van der Waals surface area contributed by atoms with Gasteiger partial charge in [0.2, 0.25) is 0 Å². The standard InChI is InChI=1S/C17H15F2NO5S/c18-17(19)25-11-3-1-10(2-4-11)13-5-6-14(26-13)15(21)20-7-8-24-9-12(20)16(22)23/h1-6,12,17H,7-9H2,(H,22,23). The van der Waals surface area contributed by atoms with E-state index >= 15 is 0 Å². The van der Waals surface area contributed by atoms with Gasteiger partial charge < -0.3 is 19.5 Å². The highest BCUT2D eigenvalue weighted by atomic mass is 32.1. The Morgan fingerprint density at radius 1 is 1.23 bits per heavy atom. The van der Waals surface area contributed by atoms with Crippen molar-refractivity contribution < 1.29 is 33.0 Å². The van der Waals surface area contributed by atoms with Gasteiger partial charge in [-0.15, -0.1) is 11.3 Å². The number of halogens is 2. The molecule has 138 valence electrons. The average Bonchev–Trinajstić information content (AvgIpc) is 3.11. The van der Waals surface area contributed by atoms with Crippen molar-refractivity contribution in [2.75, 3.05) is 19.8 Å². The SMILES string of the molecule is O=C(O)C1COCCN1C(=O)c1ccc(-c2ccc(OC(F)F)cc2)s1. The van der Waals surface area contributed by atoms with Gasteiger partial charge in [0.25, 0.3) is 5.91 Å². The number of carbonyl (C=O) groups excluding carboxylic acids is 1. The molecule has 1 saturated heterocycles. The van der Waals surface area contributed by atoms with Crippen LogP contribution in [0.2, 0.25) is 0 Å². The molecule has 1 aliphatic rings. The van der Waals surface area contributed by atoms with Gasteiger partial charge in [0.1, 0.15) is 5.75 Å². The summed E-state index contributed by atoms with van der Waals surface area (Å²) in [5.41, 5.74) is 0.743. The molecule has 26 heavy (non-hydrogen) atoms. The molecule has 1 aliphatic heterocycles. The van der Waals surface area contributed by atoms with Crippen molar-refractivity contribution in [3.05, 3.63) is 41.3 Å². The molecule has 0 aliphatic carbocycles. The zero-order valence-electron chi connectivity index (χ0n) is 13.4. The summed E-state index contributed by atoms with van der Waals surface area (Å²) in [5, 5.41) is 9.24. The molecule has 3 rings (SSSR count). The van der Waals surface area contributed by atoms with Gasteiger partial charge >= 0.3 is 12.6 Å². The molecule has 0 bridgehead atoms. The zero-order valence-corrected chi connectivity index (χ0v) is 14.2. The summed E-state index contributed by atoms with van der Waals surface area (Å²) < 4.78 is 33.8. The maximum Gasteiger partial charge on any atom is 0.387 e. The second kappa shape index (κ2) is 7.79. The maximum atomic E-state index is 12.6. The number of rotatable bonds is 5. The van der Waals surface area contributed by atoms with Crippen LogP contribution in [0.1, 0.15) is 9.67 Å². The molecule has 1 fully saturated rings. The number of nitrogens with zero attached hydrogens (tertiary/aromatic N) is 1. The maximum absolute atomic E-state index is 12.6. The lowest BCUT2D eigenvalue weighted by atomic mass is 10.2. The van der Waals surface area contributed by atoms with Crippen molar-refractivity contribution in [1.29, 1.82) is 0 Å². The van der Waals surface area contributed by atoms with Gasteiger partial charge in [0.15, 0.2) is 6.04 Å². The number of carboxylic acid groups (broad SMARTS) is 1. The van der Waals surface area contributed by atoms with Crippen LogP contribution < -0.4 is 4.74 Å². The molecule has 1 atom stereocenters. The van der Waals surface area contributed by atoms with Gasteiger partial charge in [-0.05, 0) is 42.0 Å². The van der Waals surface area contributed by atoms with E-state index in [0.29, 0.717) is 11.5 Å². The summed E-state index contributed by atoms with van der Waals surface area (Å²) in [4.78, 5) is 26.4. The molecule has 1 aromatic carbocycles. The molecular formula is C17H15F2NO5S. The van der Waals surface area contributed by atoms with Crippen molar-refractivity contribution in [3.8, 4) is 16.2 Å². The molecule has 2 heterocycles. The summed E-state index contributed by atoms with van der Waals surface area (Å²) in [7, 11) is 0. The molecule has 1 N–H and O–H groups in total. The van der Waals surface area contributed by atoms with Crippen LogP contribution in [0.4, 0.5) is 8.78 Å². The molecule has 2 aromatic rings. The molecule has 6 nitrogen and oxygen atoms in total. The number of amides is 1. The summed E-state index contributed by atoms with van der Waals surface area (Å²) >= 11 is 1.21. The first-order valence-corrected chi connectivity index (χ1v) is 8.54. The number of benzene rings is 1. The van der Waals surface area contributed by atoms with Crippen molar-refractivity contribution in [2.24, 2.45) is 0 Å². The Kier molecular flexibility index (Phi) is 5.48. The van der Waals surface area contributed by atoms with E-state index in [1.54, 1.807) is 24.3 Å². The molecule has 1 aromatic heterocycles. The highest BCUT2D eigenvalue weighted by Gasteiger charge is 2.33. The van der Waals surface area contributed by atoms with Crippen LogP contribution >= 0.6 is 11.3 Å². The molecule has 1 unspecified atom stereocenters. The normalized spacial score (nSPS) is 17.3. The molecular weight excluding hydrogens is 368 g/mol. The third kappa shape index (κ3) is 4.00. The second-order valence-electron chi connectivity index (χ2n) is 5.49. The van der Waals surface area contributed by atoms with Crippen LogP contribution in [0.25, 0.3) is 10.4 Å². The number of morpholine rings is 1. The predicted molar refractivity (Wildman–Crippen MR) is 89.7 cm³/mol. The van der Waals surface area contributed by atoms with E-state index < -0.39 is 18.6 Å². The van der Waals surface area contributed by atoms with Gasteiger partial charge in [-0.2, -0.15) is 8.78 Å². The lowest BCUT2D eigenvalue weighted by molar-refractivity contribution is -0.147.